The minimum Gasteiger partial charge on any atom is -0.342 e. The summed E-state index contributed by atoms with van der Waals surface area (Å²) >= 11 is 0. The monoisotopic (exact) mass is 274 g/mol. The summed E-state index contributed by atoms with van der Waals surface area (Å²) in [4.78, 5) is 14.4. The van der Waals surface area contributed by atoms with Crippen molar-refractivity contribution in [1.29, 1.82) is 0 Å². The maximum Gasteiger partial charge on any atom is 0.225 e. The van der Waals surface area contributed by atoms with Crippen LogP contribution in [0.25, 0.3) is 0 Å². The van der Waals surface area contributed by atoms with Crippen LogP contribution in [0.5, 0.6) is 0 Å². The summed E-state index contributed by atoms with van der Waals surface area (Å²) in [6, 6.07) is 0.261. The predicted molar refractivity (Wildman–Crippen MR) is 76.7 cm³/mol. The second-order valence-electron chi connectivity index (χ2n) is 6.18. The lowest BCUT2D eigenvalue weighted by molar-refractivity contribution is -0.137. The van der Waals surface area contributed by atoms with Crippen molar-refractivity contribution >= 4 is 18.3 Å². The predicted octanol–water partition coefficient (Wildman–Crippen LogP) is 2.43. The van der Waals surface area contributed by atoms with Crippen LogP contribution in [0.4, 0.5) is 0 Å². The minimum atomic E-state index is 0. The maximum absolute atomic E-state index is 12.3. The van der Waals surface area contributed by atoms with Crippen molar-refractivity contribution in [1.82, 2.24) is 4.90 Å². The third kappa shape index (κ3) is 3.61. The Hall–Kier alpha value is -0.280. The van der Waals surface area contributed by atoms with Gasteiger partial charge in [-0.1, -0.05) is 13.8 Å². The van der Waals surface area contributed by atoms with E-state index in [9.17, 15) is 4.79 Å². The van der Waals surface area contributed by atoms with Gasteiger partial charge in [0.1, 0.15) is 0 Å². The van der Waals surface area contributed by atoms with Gasteiger partial charge in [-0.2, -0.15) is 0 Å². The Balaban J connectivity index is 0.00000162. The van der Waals surface area contributed by atoms with Gasteiger partial charge in [-0.3, -0.25) is 4.79 Å². The largest absolute Gasteiger partial charge is 0.342 e. The van der Waals surface area contributed by atoms with E-state index in [1.54, 1.807) is 0 Å². The lowest BCUT2D eigenvalue weighted by Gasteiger charge is -2.35. The van der Waals surface area contributed by atoms with Crippen LogP contribution in [0.3, 0.4) is 0 Å². The number of likely N-dealkylation sites (tertiary alicyclic amines) is 1. The topological polar surface area (TPSA) is 46.3 Å². The van der Waals surface area contributed by atoms with Gasteiger partial charge in [0.25, 0.3) is 0 Å². The first-order valence-electron chi connectivity index (χ1n) is 7.12. The van der Waals surface area contributed by atoms with Gasteiger partial charge in [0.05, 0.1) is 0 Å². The molecule has 106 valence electrons. The van der Waals surface area contributed by atoms with Crippen LogP contribution >= 0.6 is 12.4 Å². The molecule has 0 aromatic carbocycles. The molecule has 1 saturated heterocycles. The molecule has 1 amide bonds. The molecular weight excluding hydrogens is 248 g/mol. The highest BCUT2D eigenvalue weighted by atomic mass is 35.5. The second-order valence-corrected chi connectivity index (χ2v) is 6.18. The Morgan fingerprint density at radius 1 is 1.17 bits per heavy atom. The molecule has 4 heteroatoms. The number of amides is 1. The summed E-state index contributed by atoms with van der Waals surface area (Å²) in [5.74, 6) is 2.16. The van der Waals surface area contributed by atoms with Gasteiger partial charge in [0, 0.05) is 25.0 Å². The molecule has 2 atom stereocenters. The van der Waals surface area contributed by atoms with Crippen LogP contribution in [0.1, 0.15) is 46.0 Å². The molecule has 1 aliphatic heterocycles. The zero-order chi connectivity index (χ0) is 12.4. The molecule has 2 N–H and O–H groups in total. The van der Waals surface area contributed by atoms with Crippen molar-refractivity contribution in [2.24, 2.45) is 23.5 Å². The van der Waals surface area contributed by atoms with Gasteiger partial charge in [-0.05, 0) is 43.9 Å². The highest BCUT2D eigenvalue weighted by Gasteiger charge is 2.33. The number of nitrogens with zero attached hydrogens (tertiary/aromatic N) is 1. The minimum absolute atomic E-state index is 0. The molecule has 0 radical (unpaired) electrons. The SMILES string of the molecule is CC(C)C1CCN(C(=O)C2CCC(N)C2)CC1.Cl. The van der Waals surface area contributed by atoms with Gasteiger partial charge < -0.3 is 10.6 Å². The number of hydrogen-bond acceptors (Lipinski definition) is 2. The number of carbonyl (C=O) groups excluding carboxylic acids is 1. The summed E-state index contributed by atoms with van der Waals surface area (Å²) in [6.45, 7) is 6.51. The highest BCUT2D eigenvalue weighted by molar-refractivity contribution is 5.85. The molecule has 0 aromatic rings. The lowest BCUT2D eigenvalue weighted by Crippen LogP contribution is -2.42. The van der Waals surface area contributed by atoms with E-state index < -0.39 is 0 Å². The van der Waals surface area contributed by atoms with Gasteiger partial charge in [0.2, 0.25) is 5.91 Å². The molecule has 0 bridgehead atoms. The average Bonchev–Trinajstić information content (AvgIpc) is 2.75. The van der Waals surface area contributed by atoms with E-state index in [1.165, 1.54) is 12.8 Å². The van der Waals surface area contributed by atoms with Crippen molar-refractivity contribution in [2.75, 3.05) is 13.1 Å². The summed E-state index contributed by atoms with van der Waals surface area (Å²) in [6.07, 6.45) is 5.30. The molecule has 2 aliphatic rings. The Kier molecular flexibility index (Phi) is 5.93. The average molecular weight is 275 g/mol. The molecule has 1 heterocycles. The standard InChI is InChI=1S/C14H26N2O.ClH/c1-10(2)11-5-7-16(8-6-11)14(17)12-3-4-13(15)9-12;/h10-13H,3-9,15H2,1-2H3;1H. The second kappa shape index (κ2) is 6.76. The fourth-order valence-corrected chi connectivity index (χ4v) is 3.29. The number of carbonyl (C=O) groups is 1. The fraction of sp³-hybridized carbons (Fsp3) is 0.929. The van der Waals surface area contributed by atoms with Gasteiger partial charge in [0.15, 0.2) is 0 Å². The van der Waals surface area contributed by atoms with Crippen LogP contribution in [0.2, 0.25) is 0 Å². The number of nitrogens with two attached hydrogens (primary N) is 1. The fourth-order valence-electron chi connectivity index (χ4n) is 3.29. The Bertz CT molecular complexity index is 275. The van der Waals surface area contributed by atoms with Crippen molar-refractivity contribution in [3.8, 4) is 0 Å². The first-order chi connectivity index (χ1) is 8.08. The van der Waals surface area contributed by atoms with Crippen LogP contribution in [-0.2, 0) is 4.79 Å². The molecule has 2 rings (SSSR count). The summed E-state index contributed by atoms with van der Waals surface area (Å²) in [7, 11) is 0. The molecule has 18 heavy (non-hydrogen) atoms. The molecule has 0 aromatic heterocycles. The molecule has 1 aliphatic carbocycles. The summed E-state index contributed by atoms with van der Waals surface area (Å²) < 4.78 is 0. The van der Waals surface area contributed by atoms with E-state index >= 15 is 0 Å². The highest BCUT2D eigenvalue weighted by Crippen LogP contribution is 2.29. The number of hydrogen-bond donors (Lipinski definition) is 1. The zero-order valence-electron chi connectivity index (χ0n) is 11.6. The first kappa shape index (κ1) is 15.8. The van der Waals surface area contributed by atoms with E-state index in [1.807, 2.05) is 0 Å². The number of rotatable bonds is 2. The molecular formula is C14H27ClN2O. The van der Waals surface area contributed by atoms with E-state index in [0.29, 0.717) is 5.91 Å². The van der Waals surface area contributed by atoms with E-state index in [4.69, 9.17) is 5.73 Å². The van der Waals surface area contributed by atoms with E-state index in [-0.39, 0.29) is 24.4 Å². The zero-order valence-corrected chi connectivity index (χ0v) is 12.4. The quantitative estimate of drug-likeness (QED) is 0.841. The Morgan fingerprint density at radius 3 is 2.22 bits per heavy atom. The number of halogens is 1. The summed E-state index contributed by atoms with van der Waals surface area (Å²) in [5, 5.41) is 0. The summed E-state index contributed by atoms with van der Waals surface area (Å²) in [5.41, 5.74) is 5.88. The first-order valence-corrected chi connectivity index (χ1v) is 7.12. The third-order valence-corrected chi connectivity index (χ3v) is 4.62. The Labute approximate surface area is 117 Å². The normalized spacial score (nSPS) is 29.4. The molecule has 2 unspecified atom stereocenters. The van der Waals surface area contributed by atoms with Crippen molar-refractivity contribution in [3.63, 3.8) is 0 Å². The maximum atomic E-state index is 12.3. The molecule has 0 spiro atoms. The molecule has 2 fully saturated rings. The van der Waals surface area contributed by atoms with Gasteiger partial charge in [-0.25, -0.2) is 0 Å². The van der Waals surface area contributed by atoms with Gasteiger partial charge >= 0.3 is 0 Å². The van der Waals surface area contributed by atoms with Crippen LogP contribution in [0, 0.1) is 17.8 Å². The van der Waals surface area contributed by atoms with Crippen molar-refractivity contribution < 1.29 is 4.79 Å². The van der Waals surface area contributed by atoms with Crippen molar-refractivity contribution in [3.05, 3.63) is 0 Å². The van der Waals surface area contributed by atoms with Crippen LogP contribution < -0.4 is 5.73 Å². The third-order valence-electron chi connectivity index (χ3n) is 4.62. The van der Waals surface area contributed by atoms with E-state index in [2.05, 4.69) is 18.7 Å². The van der Waals surface area contributed by atoms with Crippen LogP contribution in [0.15, 0.2) is 0 Å². The van der Waals surface area contributed by atoms with E-state index in [0.717, 1.165) is 44.2 Å². The smallest absolute Gasteiger partial charge is 0.225 e. The molecule has 3 nitrogen and oxygen atoms in total. The Morgan fingerprint density at radius 2 is 1.78 bits per heavy atom. The van der Waals surface area contributed by atoms with Gasteiger partial charge in [-0.15, -0.1) is 12.4 Å². The molecule has 1 saturated carbocycles. The lowest BCUT2D eigenvalue weighted by atomic mass is 9.86. The number of piperidine rings is 1. The van der Waals surface area contributed by atoms with Crippen LogP contribution in [-0.4, -0.2) is 29.9 Å². The van der Waals surface area contributed by atoms with Crippen molar-refractivity contribution in [2.45, 2.75) is 52.0 Å².